The molecule has 204 valence electrons. The van der Waals surface area contributed by atoms with Gasteiger partial charge in [-0.1, -0.05) is 50.2 Å². The van der Waals surface area contributed by atoms with Gasteiger partial charge in [-0.2, -0.15) is 0 Å². The van der Waals surface area contributed by atoms with Crippen LogP contribution in [-0.4, -0.2) is 41.5 Å². The molecule has 1 unspecified atom stereocenters. The van der Waals surface area contributed by atoms with Gasteiger partial charge in [-0.3, -0.25) is 9.59 Å². The molecule has 7 nitrogen and oxygen atoms in total. The number of Topliss-reactive ketones (excluding diaryl/α,β-unsaturated/α-hetero) is 1. The van der Waals surface area contributed by atoms with Crippen LogP contribution in [0, 0.1) is 0 Å². The van der Waals surface area contributed by atoms with E-state index in [1.807, 2.05) is 57.2 Å². The van der Waals surface area contributed by atoms with Crippen LogP contribution in [0.1, 0.15) is 56.3 Å². The largest absolute Gasteiger partial charge is 0.507 e. The fourth-order valence-electron chi connectivity index (χ4n) is 4.55. The number of aliphatic hydroxyl groups excluding tert-OH is 1. The summed E-state index contributed by atoms with van der Waals surface area (Å²) >= 11 is 0. The molecule has 3 aromatic rings. The fraction of sp³-hybridized carbons (Fsp3) is 0.312. The lowest BCUT2D eigenvalue weighted by molar-refractivity contribution is -0.140. The van der Waals surface area contributed by atoms with Crippen molar-refractivity contribution in [2.45, 2.75) is 46.2 Å². The van der Waals surface area contributed by atoms with Gasteiger partial charge < -0.3 is 24.2 Å². The monoisotopic (exact) mass is 529 g/mol. The Labute approximate surface area is 229 Å². The third-order valence-corrected chi connectivity index (χ3v) is 6.38. The molecule has 7 heteroatoms. The maximum atomic E-state index is 13.4. The number of carbonyl (C=O) groups is 2. The lowest BCUT2D eigenvalue weighted by Crippen LogP contribution is -2.29. The number of nitrogens with zero attached hydrogens (tertiary/aromatic N) is 1. The van der Waals surface area contributed by atoms with Gasteiger partial charge in [-0.05, 0) is 67.3 Å². The molecule has 39 heavy (non-hydrogen) atoms. The van der Waals surface area contributed by atoms with Crippen molar-refractivity contribution in [2.75, 3.05) is 19.8 Å². The van der Waals surface area contributed by atoms with E-state index in [1.165, 1.54) is 4.90 Å². The summed E-state index contributed by atoms with van der Waals surface area (Å²) in [5, 5.41) is 11.4. The molecule has 1 atom stereocenters. The van der Waals surface area contributed by atoms with Crippen molar-refractivity contribution in [1.29, 1.82) is 0 Å². The first-order valence-electron chi connectivity index (χ1n) is 13.4. The number of ketones is 1. The average molecular weight is 530 g/mol. The van der Waals surface area contributed by atoms with Crippen molar-refractivity contribution >= 4 is 17.4 Å². The second-order valence-electron chi connectivity index (χ2n) is 9.27. The second kappa shape index (κ2) is 13.0. The van der Waals surface area contributed by atoms with Crippen LogP contribution >= 0.6 is 0 Å². The highest BCUT2D eigenvalue weighted by atomic mass is 16.5. The first-order chi connectivity index (χ1) is 19.0. The Kier molecular flexibility index (Phi) is 9.26. The summed E-state index contributed by atoms with van der Waals surface area (Å²) in [4.78, 5) is 28.3. The molecule has 1 aliphatic heterocycles. The smallest absolute Gasteiger partial charge is 0.295 e. The first kappa shape index (κ1) is 27.8. The molecule has 0 spiro atoms. The standard InChI is InChI=1S/C32H35NO6/c1-4-18-38-25-15-12-23(13-16-25)30(34)28-29(24-14-17-26(39-19-5-2)27(20-24)37-6-3)33(32(36)31(28)35)21-22-10-8-7-9-11-22/h7-17,20,29,34H,4-6,18-19,21H2,1-3H3/b30-28+. The quantitative estimate of drug-likeness (QED) is 0.169. The van der Waals surface area contributed by atoms with Crippen LogP contribution in [0.15, 0.2) is 78.4 Å². The summed E-state index contributed by atoms with van der Waals surface area (Å²) < 4.78 is 17.4. The summed E-state index contributed by atoms with van der Waals surface area (Å²) in [7, 11) is 0. The van der Waals surface area contributed by atoms with E-state index >= 15 is 0 Å². The third kappa shape index (κ3) is 6.25. The van der Waals surface area contributed by atoms with Crippen LogP contribution in [0.3, 0.4) is 0 Å². The lowest BCUT2D eigenvalue weighted by atomic mass is 9.94. The molecule has 1 heterocycles. The first-order valence-corrected chi connectivity index (χ1v) is 13.4. The molecule has 3 aromatic carbocycles. The topological polar surface area (TPSA) is 85.3 Å². The van der Waals surface area contributed by atoms with E-state index in [1.54, 1.807) is 36.4 Å². The van der Waals surface area contributed by atoms with Crippen molar-refractivity contribution in [3.63, 3.8) is 0 Å². The zero-order valence-electron chi connectivity index (χ0n) is 22.7. The number of hydrogen-bond acceptors (Lipinski definition) is 6. The van der Waals surface area contributed by atoms with Crippen LogP contribution in [0.5, 0.6) is 17.2 Å². The Balaban J connectivity index is 1.81. The molecule has 0 aromatic heterocycles. The van der Waals surface area contributed by atoms with Gasteiger partial charge >= 0.3 is 0 Å². The van der Waals surface area contributed by atoms with E-state index < -0.39 is 17.7 Å². The molecule has 1 amide bonds. The fourth-order valence-corrected chi connectivity index (χ4v) is 4.55. The van der Waals surface area contributed by atoms with Crippen molar-refractivity contribution in [2.24, 2.45) is 0 Å². The van der Waals surface area contributed by atoms with E-state index in [0.29, 0.717) is 48.2 Å². The second-order valence-corrected chi connectivity index (χ2v) is 9.27. The number of rotatable bonds is 12. The number of carbonyl (C=O) groups excluding carboxylic acids is 2. The Morgan fingerprint density at radius 1 is 0.821 bits per heavy atom. The number of hydrogen-bond donors (Lipinski definition) is 1. The molecular weight excluding hydrogens is 494 g/mol. The predicted octanol–water partition coefficient (Wildman–Crippen LogP) is 6.28. The van der Waals surface area contributed by atoms with Gasteiger partial charge in [0.25, 0.3) is 11.7 Å². The molecule has 4 rings (SSSR count). The number of benzene rings is 3. The lowest BCUT2D eigenvalue weighted by Gasteiger charge is -2.26. The third-order valence-electron chi connectivity index (χ3n) is 6.38. The van der Waals surface area contributed by atoms with Gasteiger partial charge in [0, 0.05) is 12.1 Å². The van der Waals surface area contributed by atoms with Gasteiger partial charge in [-0.25, -0.2) is 0 Å². The number of amides is 1. The van der Waals surface area contributed by atoms with E-state index in [4.69, 9.17) is 14.2 Å². The molecule has 0 saturated carbocycles. The number of ether oxygens (including phenoxy) is 3. The van der Waals surface area contributed by atoms with Crippen LogP contribution in [0.4, 0.5) is 0 Å². The molecule has 1 saturated heterocycles. The normalized spacial score (nSPS) is 16.4. The molecule has 1 N–H and O–H groups in total. The zero-order chi connectivity index (χ0) is 27.8. The molecule has 1 aliphatic rings. The minimum absolute atomic E-state index is 0.0304. The molecule has 0 aliphatic carbocycles. The number of aliphatic hydroxyl groups is 1. The molecule has 0 bridgehead atoms. The maximum absolute atomic E-state index is 13.4. The Hall–Kier alpha value is -4.26. The number of likely N-dealkylation sites (tertiary alicyclic amines) is 1. The van der Waals surface area contributed by atoms with Crippen molar-refractivity contribution in [3.05, 3.63) is 95.1 Å². The Morgan fingerprint density at radius 2 is 1.51 bits per heavy atom. The summed E-state index contributed by atoms with van der Waals surface area (Å²) in [5.74, 6) is 0.136. The average Bonchev–Trinajstić information content (AvgIpc) is 3.21. The van der Waals surface area contributed by atoms with Gasteiger partial charge in [0.05, 0.1) is 31.4 Å². The van der Waals surface area contributed by atoms with Gasteiger partial charge in [0.1, 0.15) is 11.5 Å². The minimum Gasteiger partial charge on any atom is -0.507 e. The zero-order valence-corrected chi connectivity index (χ0v) is 22.7. The SMILES string of the molecule is CCCOc1ccc(/C(O)=C2\C(=O)C(=O)N(Cc3ccccc3)C2c2ccc(OCCC)c(OCC)c2)cc1. The molecule has 1 fully saturated rings. The summed E-state index contributed by atoms with van der Waals surface area (Å²) in [6, 6.07) is 20.9. The molecular formula is C32H35NO6. The maximum Gasteiger partial charge on any atom is 0.295 e. The van der Waals surface area contributed by atoms with Crippen molar-refractivity contribution in [1.82, 2.24) is 4.90 Å². The summed E-state index contributed by atoms with van der Waals surface area (Å²) in [6.07, 6.45) is 1.71. The van der Waals surface area contributed by atoms with Crippen LogP contribution in [0.2, 0.25) is 0 Å². The van der Waals surface area contributed by atoms with E-state index in [-0.39, 0.29) is 17.9 Å². The van der Waals surface area contributed by atoms with Crippen LogP contribution < -0.4 is 14.2 Å². The van der Waals surface area contributed by atoms with E-state index in [0.717, 1.165) is 18.4 Å². The Morgan fingerprint density at radius 3 is 2.18 bits per heavy atom. The van der Waals surface area contributed by atoms with Gasteiger partial charge in [0.15, 0.2) is 11.5 Å². The summed E-state index contributed by atoms with van der Waals surface area (Å²) in [5.41, 5.74) is 1.97. The van der Waals surface area contributed by atoms with Crippen molar-refractivity contribution in [3.8, 4) is 17.2 Å². The van der Waals surface area contributed by atoms with E-state index in [2.05, 4.69) is 0 Å². The highest BCUT2D eigenvalue weighted by molar-refractivity contribution is 6.46. The van der Waals surface area contributed by atoms with Crippen LogP contribution in [-0.2, 0) is 16.1 Å². The Bertz CT molecular complexity index is 1320. The van der Waals surface area contributed by atoms with Gasteiger partial charge in [0.2, 0.25) is 0 Å². The summed E-state index contributed by atoms with van der Waals surface area (Å²) in [6.45, 7) is 7.66. The van der Waals surface area contributed by atoms with Crippen molar-refractivity contribution < 1.29 is 28.9 Å². The highest BCUT2D eigenvalue weighted by Crippen LogP contribution is 2.43. The predicted molar refractivity (Wildman–Crippen MR) is 150 cm³/mol. The van der Waals surface area contributed by atoms with Crippen LogP contribution in [0.25, 0.3) is 5.76 Å². The minimum atomic E-state index is -0.819. The van der Waals surface area contributed by atoms with Gasteiger partial charge in [-0.15, -0.1) is 0 Å². The molecule has 0 radical (unpaired) electrons. The van der Waals surface area contributed by atoms with E-state index in [9.17, 15) is 14.7 Å². The highest BCUT2D eigenvalue weighted by Gasteiger charge is 2.46.